The molecule has 0 saturated carbocycles. The van der Waals surface area contributed by atoms with Gasteiger partial charge in [0.2, 0.25) is 0 Å². The molecule has 1 aromatic heterocycles. The van der Waals surface area contributed by atoms with Crippen molar-refractivity contribution in [1.29, 1.82) is 0 Å². The lowest BCUT2D eigenvalue weighted by Gasteiger charge is -2.20. The molecular formula is C16H21N3OS. The molecule has 3 rings (SSSR count). The Balaban J connectivity index is 1.99. The molecule has 0 aliphatic carbocycles. The lowest BCUT2D eigenvalue weighted by molar-refractivity contribution is 0.322. The maximum absolute atomic E-state index is 5.83. The van der Waals surface area contributed by atoms with Crippen LogP contribution in [0, 0.1) is 0 Å². The van der Waals surface area contributed by atoms with Crippen molar-refractivity contribution >= 4 is 22.2 Å². The maximum atomic E-state index is 5.83. The molecule has 0 amide bonds. The van der Waals surface area contributed by atoms with Gasteiger partial charge in [-0.25, -0.2) is 4.98 Å². The van der Waals surface area contributed by atoms with E-state index in [-0.39, 0.29) is 0 Å². The van der Waals surface area contributed by atoms with E-state index in [9.17, 15) is 0 Å². The number of aromatic nitrogens is 1. The number of para-hydroxylation sites is 2. The number of nitrogens with zero attached hydrogens (tertiary/aromatic N) is 2. The first kappa shape index (κ1) is 14.4. The van der Waals surface area contributed by atoms with Gasteiger partial charge in [-0.05, 0) is 32.0 Å². The van der Waals surface area contributed by atoms with Crippen molar-refractivity contribution in [2.45, 2.75) is 26.3 Å². The van der Waals surface area contributed by atoms with Crippen LogP contribution in [0.2, 0.25) is 0 Å². The van der Waals surface area contributed by atoms with Crippen LogP contribution >= 0.6 is 11.3 Å². The van der Waals surface area contributed by atoms with E-state index in [1.807, 2.05) is 19.2 Å². The van der Waals surface area contributed by atoms with Crippen LogP contribution in [-0.2, 0) is 13.0 Å². The fourth-order valence-corrected chi connectivity index (χ4v) is 3.79. The number of benzene rings is 1. The standard InChI is InChI=1S/C16H21N3OS/c1-3-12-15(11-17-2)21-16(18-12)19-9-6-10-20-14-8-5-4-7-13(14)19/h4-5,7-8,17H,3,6,9-11H2,1-2H3. The van der Waals surface area contributed by atoms with Crippen molar-refractivity contribution in [2.75, 3.05) is 25.1 Å². The summed E-state index contributed by atoms with van der Waals surface area (Å²) in [7, 11) is 1.98. The van der Waals surface area contributed by atoms with Gasteiger partial charge in [-0.3, -0.25) is 0 Å². The second-order valence-electron chi connectivity index (χ2n) is 5.07. The van der Waals surface area contributed by atoms with Gasteiger partial charge in [0.05, 0.1) is 18.0 Å². The monoisotopic (exact) mass is 303 g/mol. The lowest BCUT2D eigenvalue weighted by Crippen LogP contribution is -2.17. The highest BCUT2D eigenvalue weighted by Gasteiger charge is 2.21. The van der Waals surface area contributed by atoms with Gasteiger partial charge in [0.25, 0.3) is 0 Å². The minimum Gasteiger partial charge on any atom is -0.491 e. The van der Waals surface area contributed by atoms with E-state index in [1.165, 1.54) is 10.6 Å². The molecule has 0 spiro atoms. The number of nitrogens with one attached hydrogen (secondary N) is 1. The topological polar surface area (TPSA) is 37.4 Å². The summed E-state index contributed by atoms with van der Waals surface area (Å²) in [5, 5.41) is 4.31. The molecule has 0 radical (unpaired) electrons. The first-order valence-electron chi connectivity index (χ1n) is 7.46. The van der Waals surface area contributed by atoms with E-state index in [4.69, 9.17) is 9.72 Å². The Labute approximate surface area is 129 Å². The van der Waals surface area contributed by atoms with Gasteiger partial charge in [0.15, 0.2) is 5.13 Å². The van der Waals surface area contributed by atoms with E-state index < -0.39 is 0 Å². The Kier molecular flexibility index (Phi) is 4.41. The van der Waals surface area contributed by atoms with Gasteiger partial charge in [0.1, 0.15) is 5.75 Å². The third kappa shape index (κ3) is 2.89. The number of anilines is 2. The lowest BCUT2D eigenvalue weighted by atomic mass is 10.2. The Morgan fingerprint density at radius 2 is 2.24 bits per heavy atom. The van der Waals surface area contributed by atoms with Crippen LogP contribution in [0.15, 0.2) is 24.3 Å². The van der Waals surface area contributed by atoms with E-state index in [0.717, 1.165) is 49.1 Å². The van der Waals surface area contributed by atoms with Crippen LogP contribution in [0.25, 0.3) is 0 Å². The first-order chi connectivity index (χ1) is 10.3. The zero-order valence-corrected chi connectivity index (χ0v) is 13.4. The third-order valence-electron chi connectivity index (χ3n) is 3.61. The molecule has 0 atom stereocenters. The van der Waals surface area contributed by atoms with Gasteiger partial charge < -0.3 is 15.0 Å². The van der Waals surface area contributed by atoms with Gasteiger partial charge in [-0.2, -0.15) is 0 Å². The van der Waals surface area contributed by atoms with Crippen LogP contribution < -0.4 is 15.0 Å². The zero-order chi connectivity index (χ0) is 14.7. The molecule has 5 heteroatoms. The first-order valence-corrected chi connectivity index (χ1v) is 8.27. The molecule has 21 heavy (non-hydrogen) atoms. The summed E-state index contributed by atoms with van der Waals surface area (Å²) in [6.07, 6.45) is 1.98. The molecule has 1 aliphatic heterocycles. The summed E-state index contributed by atoms with van der Waals surface area (Å²) in [6.45, 7) is 4.76. The van der Waals surface area contributed by atoms with Crippen molar-refractivity contribution in [3.8, 4) is 5.75 Å². The summed E-state index contributed by atoms with van der Waals surface area (Å²) in [5.74, 6) is 0.957. The average molecular weight is 303 g/mol. The highest BCUT2D eigenvalue weighted by Crippen LogP contribution is 2.38. The number of hydrogen-bond acceptors (Lipinski definition) is 5. The molecule has 1 aliphatic rings. The molecule has 0 bridgehead atoms. The fraction of sp³-hybridized carbons (Fsp3) is 0.438. The molecular weight excluding hydrogens is 282 g/mol. The largest absolute Gasteiger partial charge is 0.491 e. The van der Waals surface area contributed by atoms with Crippen LogP contribution in [0.3, 0.4) is 0 Å². The van der Waals surface area contributed by atoms with Crippen molar-refractivity contribution in [3.63, 3.8) is 0 Å². The molecule has 112 valence electrons. The Morgan fingerprint density at radius 1 is 1.38 bits per heavy atom. The minimum atomic E-state index is 0.767. The second kappa shape index (κ2) is 6.45. The van der Waals surface area contributed by atoms with Crippen molar-refractivity contribution in [1.82, 2.24) is 10.3 Å². The normalized spacial score (nSPS) is 14.5. The molecule has 0 saturated heterocycles. The van der Waals surface area contributed by atoms with Crippen LogP contribution in [0.1, 0.15) is 23.9 Å². The van der Waals surface area contributed by atoms with Gasteiger partial charge in [-0.1, -0.05) is 30.4 Å². The zero-order valence-electron chi connectivity index (χ0n) is 12.6. The molecule has 4 nitrogen and oxygen atoms in total. The molecule has 0 unspecified atom stereocenters. The SMILES string of the molecule is CCc1nc(N2CCCOc3ccccc32)sc1CNC. The molecule has 1 aromatic carbocycles. The summed E-state index contributed by atoms with van der Waals surface area (Å²) in [4.78, 5) is 8.49. The van der Waals surface area contributed by atoms with Gasteiger partial charge in [0, 0.05) is 18.0 Å². The predicted molar refractivity (Wildman–Crippen MR) is 87.8 cm³/mol. The third-order valence-corrected chi connectivity index (χ3v) is 4.73. The summed E-state index contributed by atoms with van der Waals surface area (Å²) < 4.78 is 5.83. The number of rotatable bonds is 4. The minimum absolute atomic E-state index is 0.767. The van der Waals surface area contributed by atoms with Crippen molar-refractivity contribution in [2.24, 2.45) is 0 Å². The van der Waals surface area contributed by atoms with Crippen molar-refractivity contribution < 1.29 is 4.74 Å². The van der Waals surface area contributed by atoms with Crippen LogP contribution in [0.5, 0.6) is 5.75 Å². The highest BCUT2D eigenvalue weighted by molar-refractivity contribution is 7.15. The van der Waals surface area contributed by atoms with Gasteiger partial charge in [-0.15, -0.1) is 0 Å². The van der Waals surface area contributed by atoms with Crippen molar-refractivity contribution in [3.05, 3.63) is 34.8 Å². The Bertz CT molecular complexity index is 611. The predicted octanol–water partition coefficient (Wildman–Crippen LogP) is 3.35. The van der Waals surface area contributed by atoms with E-state index >= 15 is 0 Å². The van der Waals surface area contributed by atoms with Gasteiger partial charge >= 0.3 is 0 Å². The number of ether oxygens (including phenoxy) is 1. The van der Waals surface area contributed by atoms with E-state index in [1.54, 1.807) is 11.3 Å². The van der Waals surface area contributed by atoms with Crippen LogP contribution in [0.4, 0.5) is 10.8 Å². The van der Waals surface area contributed by atoms with E-state index in [0.29, 0.717) is 0 Å². The number of hydrogen-bond donors (Lipinski definition) is 1. The fourth-order valence-electron chi connectivity index (χ4n) is 2.59. The Hall–Kier alpha value is -1.59. The number of thiazole rings is 1. The number of fused-ring (bicyclic) bond motifs is 1. The quantitative estimate of drug-likeness (QED) is 0.940. The average Bonchev–Trinajstić information content (AvgIpc) is 2.78. The van der Waals surface area contributed by atoms with Crippen LogP contribution in [-0.4, -0.2) is 25.2 Å². The smallest absolute Gasteiger partial charge is 0.190 e. The summed E-state index contributed by atoms with van der Waals surface area (Å²) in [6, 6.07) is 8.24. The molecule has 0 fully saturated rings. The summed E-state index contributed by atoms with van der Waals surface area (Å²) >= 11 is 1.78. The summed E-state index contributed by atoms with van der Waals surface area (Å²) in [5.41, 5.74) is 2.33. The highest BCUT2D eigenvalue weighted by atomic mass is 32.1. The molecule has 1 N–H and O–H groups in total. The second-order valence-corrected chi connectivity index (χ2v) is 6.13. The Morgan fingerprint density at radius 3 is 3.05 bits per heavy atom. The maximum Gasteiger partial charge on any atom is 0.190 e. The molecule has 2 aromatic rings. The number of aryl methyl sites for hydroxylation is 1. The molecule has 2 heterocycles. The van der Waals surface area contributed by atoms with E-state index in [2.05, 4.69) is 29.3 Å².